The highest BCUT2D eigenvalue weighted by atomic mass is 16.5. The predicted octanol–water partition coefficient (Wildman–Crippen LogP) is 3.17. The van der Waals surface area contributed by atoms with E-state index in [1.54, 1.807) is 52.1 Å². The van der Waals surface area contributed by atoms with Crippen molar-refractivity contribution in [3.8, 4) is 5.75 Å². The molecule has 1 aromatic heterocycles. The molecule has 28 heavy (non-hydrogen) atoms. The zero-order valence-electron chi connectivity index (χ0n) is 16.8. The summed E-state index contributed by atoms with van der Waals surface area (Å²) in [6.45, 7) is 6.82. The maximum Gasteiger partial charge on any atom is 0.340 e. The molecule has 0 unspecified atom stereocenters. The molecule has 2 aromatic rings. The van der Waals surface area contributed by atoms with Gasteiger partial charge in [0.1, 0.15) is 5.75 Å². The van der Waals surface area contributed by atoms with Crippen molar-refractivity contribution in [1.29, 1.82) is 0 Å². The van der Waals surface area contributed by atoms with E-state index in [9.17, 15) is 14.4 Å². The summed E-state index contributed by atoms with van der Waals surface area (Å²) in [6.07, 6.45) is -0.948. The van der Waals surface area contributed by atoms with E-state index in [2.05, 4.69) is 4.98 Å². The number of hydrogen-bond acceptors (Lipinski definition) is 6. The average molecular weight is 387 g/mol. The van der Waals surface area contributed by atoms with Crippen LogP contribution in [0.5, 0.6) is 5.75 Å². The smallest absolute Gasteiger partial charge is 0.340 e. The monoisotopic (exact) mass is 387 g/mol. The Kier molecular flexibility index (Phi) is 6.98. The first-order valence-corrected chi connectivity index (χ1v) is 9.01. The molecule has 0 spiro atoms. The fourth-order valence-electron chi connectivity index (χ4n) is 2.91. The van der Waals surface area contributed by atoms with Crippen molar-refractivity contribution >= 4 is 17.7 Å². The third-order valence-electron chi connectivity index (χ3n) is 4.35. The SMILES string of the molecule is CCOC(=O)c1c(C)[nH]c(C(=O)[C@@H](C)OC(=O)Cc2ccc(OC)cc2)c1C. The van der Waals surface area contributed by atoms with Crippen LogP contribution in [0.4, 0.5) is 0 Å². The lowest BCUT2D eigenvalue weighted by molar-refractivity contribution is -0.145. The Hall–Kier alpha value is -3.09. The molecule has 7 heteroatoms. The van der Waals surface area contributed by atoms with Gasteiger partial charge in [0, 0.05) is 5.69 Å². The standard InChI is InChI=1S/C21H25NO6/c1-6-27-21(25)18-12(2)19(22-13(18)3)20(24)14(4)28-17(23)11-15-7-9-16(26-5)10-8-15/h7-10,14,22H,6,11H2,1-5H3/t14-/m1/s1. The molecule has 1 N–H and O–H groups in total. The molecule has 0 saturated carbocycles. The van der Waals surface area contributed by atoms with E-state index in [0.29, 0.717) is 22.6 Å². The number of aryl methyl sites for hydroxylation is 1. The van der Waals surface area contributed by atoms with E-state index in [0.717, 1.165) is 5.56 Å². The van der Waals surface area contributed by atoms with Gasteiger partial charge < -0.3 is 19.2 Å². The molecule has 0 aliphatic carbocycles. The van der Waals surface area contributed by atoms with Crippen LogP contribution in [0.2, 0.25) is 0 Å². The van der Waals surface area contributed by atoms with Gasteiger partial charge in [-0.2, -0.15) is 0 Å². The molecule has 0 bridgehead atoms. The van der Waals surface area contributed by atoms with Gasteiger partial charge in [0.25, 0.3) is 0 Å². The second-order valence-corrected chi connectivity index (χ2v) is 6.37. The number of nitrogens with one attached hydrogen (secondary N) is 1. The minimum absolute atomic E-state index is 0.0401. The van der Waals surface area contributed by atoms with Crippen LogP contribution in [0, 0.1) is 13.8 Å². The molecule has 150 valence electrons. The Labute approximate surface area is 164 Å². The maximum absolute atomic E-state index is 12.7. The Morgan fingerprint density at radius 3 is 2.32 bits per heavy atom. The molecule has 0 amide bonds. The fraction of sp³-hybridized carbons (Fsp3) is 0.381. The Balaban J connectivity index is 2.06. The summed E-state index contributed by atoms with van der Waals surface area (Å²) >= 11 is 0. The van der Waals surface area contributed by atoms with Gasteiger partial charge >= 0.3 is 11.9 Å². The molecule has 2 rings (SSSR count). The lowest BCUT2D eigenvalue weighted by Crippen LogP contribution is -2.26. The van der Waals surface area contributed by atoms with Gasteiger partial charge in [-0.1, -0.05) is 12.1 Å². The van der Waals surface area contributed by atoms with Crippen LogP contribution in [-0.2, 0) is 20.7 Å². The van der Waals surface area contributed by atoms with Gasteiger partial charge in [-0.25, -0.2) is 4.79 Å². The number of ketones is 1. The number of carbonyl (C=O) groups is 3. The number of hydrogen-bond donors (Lipinski definition) is 1. The van der Waals surface area contributed by atoms with Gasteiger partial charge in [-0.3, -0.25) is 9.59 Å². The Bertz CT molecular complexity index is 866. The van der Waals surface area contributed by atoms with Crippen LogP contribution in [0.25, 0.3) is 0 Å². The number of methoxy groups -OCH3 is 1. The largest absolute Gasteiger partial charge is 0.497 e. The van der Waals surface area contributed by atoms with E-state index in [1.165, 1.54) is 6.92 Å². The molecule has 0 fully saturated rings. The first-order chi connectivity index (χ1) is 13.3. The van der Waals surface area contributed by atoms with Gasteiger partial charge in [0.05, 0.1) is 31.4 Å². The number of benzene rings is 1. The minimum Gasteiger partial charge on any atom is -0.497 e. The average Bonchev–Trinajstić information content (AvgIpc) is 2.96. The lowest BCUT2D eigenvalue weighted by Gasteiger charge is -2.12. The number of carbonyl (C=O) groups excluding carboxylic acids is 3. The molecule has 0 aliphatic heterocycles. The number of aromatic amines is 1. The second-order valence-electron chi connectivity index (χ2n) is 6.37. The van der Waals surface area contributed by atoms with Crippen LogP contribution in [0.3, 0.4) is 0 Å². The number of rotatable bonds is 8. The molecule has 0 saturated heterocycles. The predicted molar refractivity (Wildman–Crippen MR) is 103 cm³/mol. The van der Waals surface area contributed by atoms with Gasteiger partial charge in [-0.15, -0.1) is 0 Å². The number of Topliss-reactive ketones (excluding diaryl/α,β-unsaturated/α-hetero) is 1. The van der Waals surface area contributed by atoms with E-state index >= 15 is 0 Å². The number of aromatic nitrogens is 1. The van der Waals surface area contributed by atoms with Crippen LogP contribution < -0.4 is 4.74 Å². The fourth-order valence-corrected chi connectivity index (χ4v) is 2.91. The van der Waals surface area contributed by atoms with E-state index in [-0.39, 0.29) is 18.7 Å². The van der Waals surface area contributed by atoms with E-state index in [4.69, 9.17) is 14.2 Å². The summed E-state index contributed by atoms with van der Waals surface area (Å²) in [7, 11) is 1.56. The Morgan fingerprint density at radius 2 is 1.75 bits per heavy atom. The molecule has 7 nitrogen and oxygen atoms in total. The normalized spacial score (nSPS) is 11.6. The van der Waals surface area contributed by atoms with Crippen molar-refractivity contribution in [1.82, 2.24) is 4.98 Å². The van der Waals surface area contributed by atoms with Gasteiger partial charge in [0.15, 0.2) is 6.10 Å². The maximum atomic E-state index is 12.7. The van der Waals surface area contributed by atoms with Crippen LogP contribution >= 0.6 is 0 Å². The quantitative estimate of drug-likeness (QED) is 0.552. The topological polar surface area (TPSA) is 94.7 Å². The molecule has 1 atom stereocenters. The third-order valence-corrected chi connectivity index (χ3v) is 4.35. The highest BCUT2D eigenvalue weighted by molar-refractivity contribution is 6.04. The van der Waals surface area contributed by atoms with Crippen molar-refractivity contribution in [2.24, 2.45) is 0 Å². The number of esters is 2. The summed E-state index contributed by atoms with van der Waals surface area (Å²) in [5, 5.41) is 0. The molecule has 1 aromatic carbocycles. The van der Waals surface area contributed by atoms with Crippen LogP contribution in [0.1, 0.15) is 51.5 Å². The summed E-state index contributed by atoms with van der Waals surface area (Å²) in [5.74, 6) is -0.718. The summed E-state index contributed by atoms with van der Waals surface area (Å²) in [4.78, 5) is 39.9. The van der Waals surface area contributed by atoms with Crippen molar-refractivity contribution < 1.29 is 28.6 Å². The highest BCUT2D eigenvalue weighted by Crippen LogP contribution is 2.21. The number of H-pyrrole nitrogens is 1. The summed E-state index contributed by atoms with van der Waals surface area (Å²) in [5.41, 5.74) is 2.35. The van der Waals surface area contributed by atoms with Crippen LogP contribution in [0.15, 0.2) is 24.3 Å². The number of ether oxygens (including phenoxy) is 3. The van der Waals surface area contributed by atoms with Crippen LogP contribution in [-0.4, -0.2) is 42.5 Å². The zero-order chi connectivity index (χ0) is 20.8. The van der Waals surface area contributed by atoms with Gasteiger partial charge in [-0.05, 0) is 51.0 Å². The van der Waals surface area contributed by atoms with Crippen molar-refractivity contribution in [2.75, 3.05) is 13.7 Å². The summed E-state index contributed by atoms with van der Waals surface area (Å²) in [6, 6.07) is 7.02. The van der Waals surface area contributed by atoms with Crippen molar-refractivity contribution in [3.63, 3.8) is 0 Å². The second kappa shape index (κ2) is 9.21. The van der Waals surface area contributed by atoms with E-state index < -0.39 is 23.8 Å². The lowest BCUT2D eigenvalue weighted by atomic mass is 10.1. The van der Waals surface area contributed by atoms with Crippen molar-refractivity contribution in [2.45, 2.75) is 40.2 Å². The third kappa shape index (κ3) is 4.79. The van der Waals surface area contributed by atoms with Crippen molar-refractivity contribution in [3.05, 3.63) is 52.3 Å². The zero-order valence-corrected chi connectivity index (χ0v) is 16.8. The molecular formula is C21H25NO6. The first kappa shape index (κ1) is 21.2. The highest BCUT2D eigenvalue weighted by Gasteiger charge is 2.27. The first-order valence-electron chi connectivity index (χ1n) is 9.01. The molecular weight excluding hydrogens is 362 g/mol. The molecule has 0 aliphatic rings. The molecule has 0 radical (unpaired) electrons. The Morgan fingerprint density at radius 1 is 1.11 bits per heavy atom. The molecule has 1 heterocycles. The van der Waals surface area contributed by atoms with E-state index in [1.807, 2.05) is 0 Å². The van der Waals surface area contributed by atoms with Gasteiger partial charge in [0.2, 0.25) is 5.78 Å². The summed E-state index contributed by atoms with van der Waals surface area (Å²) < 4.78 is 15.4. The minimum atomic E-state index is -0.988.